The van der Waals surface area contributed by atoms with Crippen LogP contribution in [-0.4, -0.2) is 17.7 Å². The highest BCUT2D eigenvalue weighted by molar-refractivity contribution is 5.69. The second-order valence-corrected chi connectivity index (χ2v) is 4.69. The quantitative estimate of drug-likeness (QED) is 0.871. The van der Waals surface area contributed by atoms with Crippen LogP contribution < -0.4 is 4.74 Å². The van der Waals surface area contributed by atoms with Gasteiger partial charge >= 0.3 is 5.97 Å². The molecule has 0 saturated heterocycles. The summed E-state index contributed by atoms with van der Waals surface area (Å²) < 4.78 is 5.51. The molecule has 0 radical (unpaired) electrons. The number of benzene rings is 1. The molecule has 3 nitrogen and oxygen atoms in total. The van der Waals surface area contributed by atoms with Gasteiger partial charge < -0.3 is 9.84 Å². The standard InChI is InChI=1S/C14H18O3/c1-10(14(15)16)9-17-13-7-6-11-4-2-3-5-12(11)8-13/h6-8,10H,2-5,9H2,1H3,(H,15,16). The molecule has 92 valence electrons. The third kappa shape index (κ3) is 2.99. The van der Waals surface area contributed by atoms with Crippen LogP contribution >= 0.6 is 0 Å². The maximum absolute atomic E-state index is 10.7. The maximum atomic E-state index is 10.7. The smallest absolute Gasteiger partial charge is 0.309 e. The maximum Gasteiger partial charge on any atom is 0.309 e. The highest BCUT2D eigenvalue weighted by Gasteiger charge is 2.13. The fraction of sp³-hybridized carbons (Fsp3) is 0.500. The predicted octanol–water partition coefficient (Wildman–Crippen LogP) is 2.66. The van der Waals surface area contributed by atoms with Crippen molar-refractivity contribution in [2.75, 3.05) is 6.61 Å². The number of carboxylic acid groups (broad SMARTS) is 1. The van der Waals surface area contributed by atoms with Crippen molar-refractivity contribution in [1.29, 1.82) is 0 Å². The SMILES string of the molecule is CC(COc1ccc2c(c1)CCCC2)C(=O)O. The minimum absolute atomic E-state index is 0.230. The first-order chi connectivity index (χ1) is 8.16. The van der Waals surface area contributed by atoms with Crippen LogP contribution in [0.3, 0.4) is 0 Å². The van der Waals surface area contributed by atoms with Crippen LogP contribution in [0, 0.1) is 5.92 Å². The topological polar surface area (TPSA) is 46.5 Å². The van der Waals surface area contributed by atoms with E-state index in [4.69, 9.17) is 9.84 Å². The van der Waals surface area contributed by atoms with Crippen molar-refractivity contribution in [3.05, 3.63) is 29.3 Å². The van der Waals surface area contributed by atoms with Crippen LogP contribution in [-0.2, 0) is 17.6 Å². The molecule has 0 amide bonds. The van der Waals surface area contributed by atoms with Crippen LogP contribution in [0.15, 0.2) is 18.2 Å². The second kappa shape index (κ2) is 5.21. The van der Waals surface area contributed by atoms with Gasteiger partial charge in [0.05, 0.1) is 5.92 Å². The summed E-state index contributed by atoms with van der Waals surface area (Å²) in [4.78, 5) is 10.7. The predicted molar refractivity (Wildman–Crippen MR) is 65.4 cm³/mol. The van der Waals surface area contributed by atoms with Gasteiger partial charge in [0.15, 0.2) is 0 Å². The molecule has 1 atom stereocenters. The van der Waals surface area contributed by atoms with Crippen molar-refractivity contribution in [1.82, 2.24) is 0 Å². The van der Waals surface area contributed by atoms with E-state index in [1.54, 1.807) is 6.92 Å². The number of ether oxygens (including phenoxy) is 1. The average Bonchev–Trinajstić information content (AvgIpc) is 2.35. The second-order valence-electron chi connectivity index (χ2n) is 4.69. The Hall–Kier alpha value is -1.51. The first-order valence-corrected chi connectivity index (χ1v) is 6.14. The van der Waals surface area contributed by atoms with E-state index < -0.39 is 11.9 Å². The lowest BCUT2D eigenvalue weighted by Crippen LogP contribution is -2.18. The van der Waals surface area contributed by atoms with E-state index >= 15 is 0 Å². The van der Waals surface area contributed by atoms with Gasteiger partial charge in [0.2, 0.25) is 0 Å². The zero-order chi connectivity index (χ0) is 12.3. The van der Waals surface area contributed by atoms with Crippen LogP contribution in [0.4, 0.5) is 0 Å². The largest absolute Gasteiger partial charge is 0.493 e. The highest BCUT2D eigenvalue weighted by atomic mass is 16.5. The Morgan fingerprint density at radius 1 is 1.35 bits per heavy atom. The number of aliphatic carboxylic acids is 1. The van der Waals surface area contributed by atoms with E-state index in [2.05, 4.69) is 12.1 Å². The first kappa shape index (κ1) is 12.0. The van der Waals surface area contributed by atoms with Gasteiger partial charge in [-0.2, -0.15) is 0 Å². The van der Waals surface area contributed by atoms with E-state index in [9.17, 15) is 4.79 Å². The summed E-state index contributed by atoms with van der Waals surface area (Å²) in [5.41, 5.74) is 2.77. The molecule has 0 fully saturated rings. The van der Waals surface area contributed by atoms with E-state index in [1.165, 1.54) is 24.0 Å². The minimum Gasteiger partial charge on any atom is -0.493 e. The Morgan fingerprint density at radius 3 is 2.76 bits per heavy atom. The Kier molecular flexibility index (Phi) is 3.67. The molecule has 2 rings (SSSR count). The van der Waals surface area contributed by atoms with Crippen molar-refractivity contribution in [2.45, 2.75) is 32.6 Å². The number of aryl methyl sites for hydroxylation is 2. The molecular formula is C14H18O3. The Morgan fingerprint density at radius 2 is 2.06 bits per heavy atom. The first-order valence-electron chi connectivity index (χ1n) is 6.14. The molecule has 0 spiro atoms. The lowest BCUT2D eigenvalue weighted by Gasteiger charge is -2.17. The van der Waals surface area contributed by atoms with Crippen molar-refractivity contribution in [3.63, 3.8) is 0 Å². The number of carbonyl (C=O) groups is 1. The summed E-state index contributed by atoms with van der Waals surface area (Å²) in [5.74, 6) is -0.493. The number of carboxylic acids is 1. The number of hydrogen-bond acceptors (Lipinski definition) is 2. The van der Waals surface area contributed by atoms with Crippen molar-refractivity contribution >= 4 is 5.97 Å². The monoisotopic (exact) mass is 234 g/mol. The number of rotatable bonds is 4. The summed E-state index contributed by atoms with van der Waals surface area (Å²) in [6.45, 7) is 1.88. The molecule has 1 aliphatic carbocycles. The molecule has 0 heterocycles. The fourth-order valence-corrected chi connectivity index (χ4v) is 2.09. The van der Waals surface area contributed by atoms with Gasteiger partial charge in [0.1, 0.15) is 12.4 Å². The molecular weight excluding hydrogens is 216 g/mol. The summed E-state index contributed by atoms with van der Waals surface area (Å²) in [6.07, 6.45) is 4.77. The zero-order valence-corrected chi connectivity index (χ0v) is 10.1. The van der Waals surface area contributed by atoms with E-state index in [0.717, 1.165) is 18.6 Å². The summed E-state index contributed by atoms with van der Waals surface area (Å²) in [7, 11) is 0. The molecule has 0 saturated carbocycles. The van der Waals surface area contributed by atoms with Crippen LogP contribution in [0.2, 0.25) is 0 Å². The summed E-state index contributed by atoms with van der Waals surface area (Å²) >= 11 is 0. The summed E-state index contributed by atoms with van der Waals surface area (Å²) in [5, 5.41) is 8.77. The van der Waals surface area contributed by atoms with Crippen LogP contribution in [0.25, 0.3) is 0 Å². The van der Waals surface area contributed by atoms with Gasteiger partial charge in [-0.05, 0) is 55.9 Å². The Bertz CT molecular complexity index is 412. The third-order valence-corrected chi connectivity index (χ3v) is 3.24. The molecule has 17 heavy (non-hydrogen) atoms. The molecule has 3 heteroatoms. The minimum atomic E-state index is -0.817. The lowest BCUT2D eigenvalue weighted by molar-refractivity contribution is -0.142. The van der Waals surface area contributed by atoms with Crippen molar-refractivity contribution in [3.8, 4) is 5.75 Å². The van der Waals surface area contributed by atoms with Gasteiger partial charge in [-0.15, -0.1) is 0 Å². The zero-order valence-electron chi connectivity index (χ0n) is 10.1. The normalized spacial score (nSPS) is 16.1. The van der Waals surface area contributed by atoms with E-state index in [1.807, 2.05) is 6.07 Å². The van der Waals surface area contributed by atoms with Gasteiger partial charge in [-0.25, -0.2) is 0 Å². The third-order valence-electron chi connectivity index (χ3n) is 3.24. The lowest BCUT2D eigenvalue weighted by atomic mass is 9.92. The number of hydrogen-bond donors (Lipinski definition) is 1. The summed E-state index contributed by atoms with van der Waals surface area (Å²) in [6, 6.07) is 6.11. The van der Waals surface area contributed by atoms with Gasteiger partial charge in [0, 0.05) is 0 Å². The fourth-order valence-electron chi connectivity index (χ4n) is 2.09. The molecule has 0 bridgehead atoms. The van der Waals surface area contributed by atoms with Crippen LogP contribution in [0.1, 0.15) is 30.9 Å². The Balaban J connectivity index is 2.00. The molecule has 1 N–H and O–H groups in total. The van der Waals surface area contributed by atoms with Gasteiger partial charge in [0.25, 0.3) is 0 Å². The van der Waals surface area contributed by atoms with E-state index in [0.29, 0.717) is 0 Å². The highest BCUT2D eigenvalue weighted by Crippen LogP contribution is 2.25. The average molecular weight is 234 g/mol. The molecule has 1 aromatic carbocycles. The number of fused-ring (bicyclic) bond motifs is 1. The van der Waals surface area contributed by atoms with E-state index in [-0.39, 0.29) is 6.61 Å². The van der Waals surface area contributed by atoms with Gasteiger partial charge in [-0.3, -0.25) is 4.79 Å². The molecule has 0 aliphatic heterocycles. The van der Waals surface area contributed by atoms with Crippen molar-refractivity contribution < 1.29 is 14.6 Å². The van der Waals surface area contributed by atoms with Gasteiger partial charge in [-0.1, -0.05) is 6.07 Å². The van der Waals surface area contributed by atoms with Crippen LogP contribution in [0.5, 0.6) is 5.75 Å². The van der Waals surface area contributed by atoms with Crippen molar-refractivity contribution in [2.24, 2.45) is 5.92 Å². The molecule has 1 aromatic rings. The molecule has 1 unspecified atom stereocenters. The Labute approximate surface area is 101 Å². The molecule has 1 aliphatic rings. The molecule has 0 aromatic heterocycles.